The van der Waals surface area contributed by atoms with E-state index in [0.29, 0.717) is 26.1 Å². The molecule has 0 atom stereocenters. The van der Waals surface area contributed by atoms with E-state index in [9.17, 15) is 4.39 Å². The van der Waals surface area contributed by atoms with Crippen LogP contribution in [0.1, 0.15) is 11.4 Å². The lowest BCUT2D eigenvalue weighted by molar-refractivity contribution is 0.198. The van der Waals surface area contributed by atoms with Gasteiger partial charge in [-0.2, -0.15) is 0 Å². The standard InChI is InChI=1S/C13H18FN5O/c1-20-8-6-15-10-13-16-17-18-19(13)7-5-11-3-2-4-12(14)9-11/h2-4,9,15H,5-8,10H2,1H3. The Labute approximate surface area is 116 Å². The van der Waals surface area contributed by atoms with E-state index in [4.69, 9.17) is 4.74 Å². The molecule has 0 bridgehead atoms. The van der Waals surface area contributed by atoms with Gasteiger partial charge in [-0.15, -0.1) is 5.10 Å². The second-order valence-corrected chi connectivity index (χ2v) is 4.37. The average Bonchev–Trinajstić information content (AvgIpc) is 2.89. The van der Waals surface area contributed by atoms with Gasteiger partial charge in [0.25, 0.3) is 0 Å². The fourth-order valence-corrected chi connectivity index (χ4v) is 1.83. The Balaban J connectivity index is 1.85. The molecule has 20 heavy (non-hydrogen) atoms. The molecular weight excluding hydrogens is 261 g/mol. The minimum Gasteiger partial charge on any atom is -0.383 e. The van der Waals surface area contributed by atoms with Crippen LogP contribution in [-0.2, 0) is 24.2 Å². The molecule has 0 unspecified atom stereocenters. The number of halogens is 1. The van der Waals surface area contributed by atoms with Crippen LogP contribution in [0.5, 0.6) is 0 Å². The molecule has 108 valence electrons. The molecule has 0 aliphatic rings. The predicted octanol–water partition coefficient (Wildman–Crippen LogP) is 0.791. The van der Waals surface area contributed by atoms with Crippen LogP contribution < -0.4 is 5.32 Å². The number of nitrogens with one attached hydrogen (secondary N) is 1. The summed E-state index contributed by atoms with van der Waals surface area (Å²) in [6.45, 7) is 2.59. The fraction of sp³-hybridized carbons (Fsp3) is 0.462. The summed E-state index contributed by atoms with van der Waals surface area (Å²) in [6.07, 6.45) is 0.688. The Hall–Kier alpha value is -1.86. The highest BCUT2D eigenvalue weighted by atomic mass is 19.1. The van der Waals surface area contributed by atoms with E-state index in [1.807, 2.05) is 6.07 Å². The first-order chi connectivity index (χ1) is 9.79. The summed E-state index contributed by atoms with van der Waals surface area (Å²) in [7, 11) is 1.66. The Morgan fingerprint density at radius 2 is 2.30 bits per heavy atom. The van der Waals surface area contributed by atoms with Crippen LogP contribution in [0.25, 0.3) is 0 Å². The number of hydrogen-bond acceptors (Lipinski definition) is 5. The van der Waals surface area contributed by atoms with Crippen molar-refractivity contribution in [3.05, 3.63) is 41.5 Å². The topological polar surface area (TPSA) is 64.9 Å². The monoisotopic (exact) mass is 279 g/mol. The van der Waals surface area contributed by atoms with Gasteiger partial charge in [-0.05, 0) is 34.5 Å². The first-order valence-electron chi connectivity index (χ1n) is 6.48. The Bertz CT molecular complexity index is 531. The summed E-state index contributed by atoms with van der Waals surface area (Å²) in [5.74, 6) is 0.540. The average molecular weight is 279 g/mol. The molecule has 0 fully saturated rings. The van der Waals surface area contributed by atoms with Gasteiger partial charge in [-0.25, -0.2) is 9.07 Å². The minimum absolute atomic E-state index is 0.222. The van der Waals surface area contributed by atoms with Crippen molar-refractivity contribution in [1.29, 1.82) is 0 Å². The highest BCUT2D eigenvalue weighted by molar-refractivity contribution is 5.16. The third-order valence-electron chi connectivity index (χ3n) is 2.87. The molecule has 0 saturated carbocycles. The molecule has 2 rings (SSSR count). The number of aromatic nitrogens is 4. The maximum Gasteiger partial charge on any atom is 0.165 e. The lowest BCUT2D eigenvalue weighted by Gasteiger charge is -2.06. The fourth-order valence-electron chi connectivity index (χ4n) is 1.83. The van der Waals surface area contributed by atoms with E-state index in [1.54, 1.807) is 17.9 Å². The highest BCUT2D eigenvalue weighted by Gasteiger charge is 2.05. The van der Waals surface area contributed by atoms with Crippen LogP contribution in [0.4, 0.5) is 4.39 Å². The number of aryl methyl sites for hydroxylation is 2. The molecule has 1 heterocycles. The molecule has 6 nitrogen and oxygen atoms in total. The molecular formula is C13H18FN5O. The van der Waals surface area contributed by atoms with E-state index in [0.717, 1.165) is 17.9 Å². The van der Waals surface area contributed by atoms with E-state index in [1.165, 1.54) is 12.1 Å². The van der Waals surface area contributed by atoms with Gasteiger partial charge in [0.2, 0.25) is 0 Å². The smallest absolute Gasteiger partial charge is 0.165 e. The number of ether oxygens (including phenoxy) is 1. The van der Waals surface area contributed by atoms with Crippen molar-refractivity contribution >= 4 is 0 Å². The Morgan fingerprint density at radius 3 is 3.10 bits per heavy atom. The zero-order chi connectivity index (χ0) is 14.2. The molecule has 0 aliphatic heterocycles. The minimum atomic E-state index is -0.222. The van der Waals surface area contributed by atoms with Crippen molar-refractivity contribution in [2.75, 3.05) is 20.3 Å². The van der Waals surface area contributed by atoms with Crippen LogP contribution in [0.15, 0.2) is 24.3 Å². The lowest BCUT2D eigenvalue weighted by Crippen LogP contribution is -2.21. The predicted molar refractivity (Wildman–Crippen MR) is 71.5 cm³/mol. The number of nitrogens with zero attached hydrogens (tertiary/aromatic N) is 4. The van der Waals surface area contributed by atoms with Gasteiger partial charge in [-0.3, -0.25) is 0 Å². The van der Waals surface area contributed by atoms with Crippen molar-refractivity contribution < 1.29 is 9.13 Å². The summed E-state index contributed by atoms with van der Waals surface area (Å²) in [5.41, 5.74) is 0.929. The van der Waals surface area contributed by atoms with Crippen molar-refractivity contribution in [1.82, 2.24) is 25.5 Å². The molecule has 0 spiro atoms. The third kappa shape index (κ3) is 4.36. The number of tetrazole rings is 1. The van der Waals surface area contributed by atoms with Gasteiger partial charge in [0.15, 0.2) is 5.82 Å². The SMILES string of the molecule is COCCNCc1nnnn1CCc1cccc(F)c1. The Kier molecular flexibility index (Phi) is 5.57. The molecule has 0 amide bonds. The summed E-state index contributed by atoms with van der Waals surface area (Å²) >= 11 is 0. The number of benzene rings is 1. The summed E-state index contributed by atoms with van der Waals surface area (Å²) < 4.78 is 19.8. The molecule has 0 aliphatic carbocycles. The van der Waals surface area contributed by atoms with E-state index in [2.05, 4.69) is 20.8 Å². The van der Waals surface area contributed by atoms with Crippen molar-refractivity contribution in [3.8, 4) is 0 Å². The maximum absolute atomic E-state index is 13.1. The highest BCUT2D eigenvalue weighted by Crippen LogP contribution is 2.05. The van der Waals surface area contributed by atoms with Crippen molar-refractivity contribution in [3.63, 3.8) is 0 Å². The van der Waals surface area contributed by atoms with Gasteiger partial charge in [-0.1, -0.05) is 12.1 Å². The van der Waals surface area contributed by atoms with Gasteiger partial charge < -0.3 is 10.1 Å². The van der Waals surface area contributed by atoms with Crippen LogP contribution in [0.2, 0.25) is 0 Å². The molecule has 1 aromatic carbocycles. The number of hydrogen-bond donors (Lipinski definition) is 1. The van der Waals surface area contributed by atoms with E-state index >= 15 is 0 Å². The zero-order valence-corrected chi connectivity index (χ0v) is 11.4. The summed E-state index contributed by atoms with van der Waals surface area (Å²) in [6, 6.07) is 6.56. The summed E-state index contributed by atoms with van der Waals surface area (Å²) in [4.78, 5) is 0. The van der Waals surface area contributed by atoms with E-state index in [-0.39, 0.29) is 5.82 Å². The van der Waals surface area contributed by atoms with Gasteiger partial charge in [0, 0.05) is 20.2 Å². The quantitative estimate of drug-likeness (QED) is 0.724. The van der Waals surface area contributed by atoms with Crippen LogP contribution in [-0.4, -0.2) is 40.5 Å². The van der Waals surface area contributed by atoms with Crippen LogP contribution in [0, 0.1) is 5.82 Å². The van der Waals surface area contributed by atoms with Gasteiger partial charge >= 0.3 is 0 Å². The third-order valence-corrected chi connectivity index (χ3v) is 2.87. The second kappa shape index (κ2) is 7.66. The van der Waals surface area contributed by atoms with Gasteiger partial charge in [0.1, 0.15) is 5.82 Å². The Morgan fingerprint density at radius 1 is 1.40 bits per heavy atom. The molecule has 1 N–H and O–H groups in total. The largest absolute Gasteiger partial charge is 0.383 e. The first-order valence-corrected chi connectivity index (χ1v) is 6.48. The molecule has 0 radical (unpaired) electrons. The molecule has 2 aromatic rings. The number of rotatable bonds is 8. The second-order valence-electron chi connectivity index (χ2n) is 4.37. The first kappa shape index (κ1) is 14.5. The molecule has 1 aromatic heterocycles. The molecule has 7 heteroatoms. The number of methoxy groups -OCH3 is 1. The normalized spacial score (nSPS) is 10.9. The van der Waals surface area contributed by atoms with Crippen molar-refractivity contribution in [2.45, 2.75) is 19.5 Å². The van der Waals surface area contributed by atoms with E-state index < -0.39 is 0 Å². The van der Waals surface area contributed by atoms with Crippen molar-refractivity contribution in [2.24, 2.45) is 0 Å². The van der Waals surface area contributed by atoms with Crippen LogP contribution in [0.3, 0.4) is 0 Å². The summed E-state index contributed by atoms with van der Waals surface area (Å²) in [5, 5.41) is 14.8. The van der Waals surface area contributed by atoms with Crippen LogP contribution >= 0.6 is 0 Å². The van der Waals surface area contributed by atoms with Gasteiger partial charge in [0.05, 0.1) is 13.2 Å². The lowest BCUT2D eigenvalue weighted by atomic mass is 10.1. The molecule has 0 saturated heterocycles. The maximum atomic E-state index is 13.1. The zero-order valence-electron chi connectivity index (χ0n) is 11.4.